The molecule has 1 aromatic rings. The van der Waals surface area contributed by atoms with Gasteiger partial charge in [-0.1, -0.05) is 42.5 Å². The Labute approximate surface area is 125 Å². The Bertz CT molecular complexity index is 371. The number of ether oxygens (including phenoxy) is 1. The van der Waals surface area contributed by atoms with Crippen LogP contribution in [0.3, 0.4) is 0 Å². The molecular formula is C15H21Cl2NO. The number of halogens is 2. The van der Waals surface area contributed by atoms with Crippen LogP contribution in [-0.2, 0) is 0 Å². The molecule has 4 heteroatoms. The highest BCUT2D eigenvalue weighted by Crippen LogP contribution is 2.24. The summed E-state index contributed by atoms with van der Waals surface area (Å²) in [7, 11) is 0. The van der Waals surface area contributed by atoms with Gasteiger partial charge in [0.2, 0.25) is 0 Å². The van der Waals surface area contributed by atoms with Crippen LogP contribution in [0.4, 0.5) is 0 Å². The van der Waals surface area contributed by atoms with E-state index in [-0.39, 0.29) is 0 Å². The fourth-order valence-electron chi connectivity index (χ4n) is 2.49. The zero-order valence-corrected chi connectivity index (χ0v) is 12.6. The van der Waals surface area contributed by atoms with Gasteiger partial charge in [-0.3, -0.25) is 0 Å². The molecule has 0 spiro atoms. The zero-order valence-electron chi connectivity index (χ0n) is 11.1. The summed E-state index contributed by atoms with van der Waals surface area (Å²) in [6.45, 7) is 1.70. The zero-order chi connectivity index (χ0) is 13.5. The second-order valence-corrected chi connectivity index (χ2v) is 5.97. The Balaban J connectivity index is 1.60. The van der Waals surface area contributed by atoms with E-state index in [2.05, 4.69) is 5.32 Å². The minimum absolute atomic E-state index is 0.614. The van der Waals surface area contributed by atoms with Crippen LogP contribution in [-0.4, -0.2) is 19.2 Å². The van der Waals surface area contributed by atoms with E-state index in [0.717, 1.165) is 24.8 Å². The Kier molecular flexibility index (Phi) is 6.29. The van der Waals surface area contributed by atoms with Crippen molar-refractivity contribution in [3.8, 4) is 5.75 Å². The number of nitrogens with one attached hydrogen (secondary N) is 1. The summed E-state index contributed by atoms with van der Waals surface area (Å²) in [5, 5.41) is 4.83. The van der Waals surface area contributed by atoms with Crippen LogP contribution in [0.1, 0.15) is 38.5 Å². The summed E-state index contributed by atoms with van der Waals surface area (Å²) < 4.78 is 5.65. The molecular weight excluding hydrogens is 281 g/mol. The second kappa shape index (κ2) is 7.98. The molecule has 0 amide bonds. The van der Waals surface area contributed by atoms with Gasteiger partial charge in [0.25, 0.3) is 0 Å². The van der Waals surface area contributed by atoms with Crippen LogP contribution < -0.4 is 10.1 Å². The molecule has 1 aliphatic rings. The highest BCUT2D eigenvalue weighted by molar-refractivity contribution is 6.34. The van der Waals surface area contributed by atoms with Gasteiger partial charge < -0.3 is 10.1 Å². The van der Waals surface area contributed by atoms with E-state index < -0.39 is 0 Å². The molecule has 0 radical (unpaired) electrons. The van der Waals surface area contributed by atoms with Crippen molar-refractivity contribution in [2.75, 3.05) is 13.2 Å². The highest BCUT2D eigenvalue weighted by atomic mass is 35.5. The normalized spacial score (nSPS) is 16.5. The minimum Gasteiger partial charge on any atom is -0.493 e. The van der Waals surface area contributed by atoms with E-state index in [1.165, 1.54) is 32.1 Å². The predicted octanol–water partition coefficient (Wildman–Crippen LogP) is 4.68. The maximum Gasteiger partial charge on any atom is 0.122 e. The SMILES string of the molecule is Clc1cc(Cl)cc(OCCCNC2CCCCC2)c1. The van der Waals surface area contributed by atoms with Crippen LogP contribution in [0.15, 0.2) is 18.2 Å². The van der Waals surface area contributed by atoms with Crippen molar-refractivity contribution in [2.45, 2.75) is 44.6 Å². The number of benzene rings is 1. The van der Waals surface area contributed by atoms with E-state index in [9.17, 15) is 0 Å². The fourth-order valence-corrected chi connectivity index (χ4v) is 2.99. The van der Waals surface area contributed by atoms with Crippen LogP contribution in [0.25, 0.3) is 0 Å². The third-order valence-corrected chi connectivity index (χ3v) is 3.90. The third-order valence-electron chi connectivity index (χ3n) is 3.46. The summed E-state index contributed by atoms with van der Waals surface area (Å²) in [5.74, 6) is 0.746. The topological polar surface area (TPSA) is 21.3 Å². The monoisotopic (exact) mass is 301 g/mol. The molecule has 1 fully saturated rings. The molecule has 2 rings (SSSR count). The summed E-state index contributed by atoms with van der Waals surface area (Å²) >= 11 is 11.8. The molecule has 0 aromatic heterocycles. The standard InChI is InChI=1S/C15H21Cl2NO/c16-12-9-13(17)11-15(10-12)19-8-4-7-18-14-5-2-1-3-6-14/h9-11,14,18H,1-8H2. The maximum atomic E-state index is 5.91. The molecule has 106 valence electrons. The summed E-state index contributed by atoms with van der Waals surface area (Å²) in [5.41, 5.74) is 0. The smallest absolute Gasteiger partial charge is 0.122 e. The van der Waals surface area contributed by atoms with Crippen LogP contribution in [0, 0.1) is 0 Å². The van der Waals surface area contributed by atoms with Crippen LogP contribution in [0.2, 0.25) is 10.0 Å². The molecule has 19 heavy (non-hydrogen) atoms. The quantitative estimate of drug-likeness (QED) is 0.770. The largest absolute Gasteiger partial charge is 0.493 e. The van der Waals surface area contributed by atoms with Gasteiger partial charge in [0.05, 0.1) is 6.61 Å². The molecule has 0 saturated heterocycles. The van der Waals surface area contributed by atoms with Crippen molar-refractivity contribution in [1.29, 1.82) is 0 Å². The van der Waals surface area contributed by atoms with Gasteiger partial charge in [-0.05, 0) is 44.0 Å². The number of hydrogen-bond acceptors (Lipinski definition) is 2. The van der Waals surface area contributed by atoms with E-state index in [0.29, 0.717) is 16.7 Å². The van der Waals surface area contributed by atoms with Crippen molar-refractivity contribution < 1.29 is 4.74 Å². The van der Waals surface area contributed by atoms with Gasteiger partial charge >= 0.3 is 0 Å². The van der Waals surface area contributed by atoms with Crippen molar-refractivity contribution in [2.24, 2.45) is 0 Å². The summed E-state index contributed by atoms with van der Waals surface area (Å²) in [6, 6.07) is 6.01. The molecule has 0 bridgehead atoms. The number of rotatable bonds is 6. The second-order valence-electron chi connectivity index (χ2n) is 5.10. The highest BCUT2D eigenvalue weighted by Gasteiger charge is 2.11. The first-order valence-electron chi connectivity index (χ1n) is 7.06. The van der Waals surface area contributed by atoms with Crippen molar-refractivity contribution in [3.63, 3.8) is 0 Å². The van der Waals surface area contributed by atoms with Crippen LogP contribution in [0.5, 0.6) is 5.75 Å². The molecule has 1 N–H and O–H groups in total. The van der Waals surface area contributed by atoms with Gasteiger partial charge in [-0.25, -0.2) is 0 Å². The van der Waals surface area contributed by atoms with Crippen molar-refractivity contribution in [1.82, 2.24) is 5.32 Å². The average Bonchev–Trinajstić information content (AvgIpc) is 2.38. The van der Waals surface area contributed by atoms with E-state index in [4.69, 9.17) is 27.9 Å². The Morgan fingerprint density at radius 3 is 2.42 bits per heavy atom. The Morgan fingerprint density at radius 1 is 1.05 bits per heavy atom. The Hall–Kier alpha value is -0.440. The van der Waals surface area contributed by atoms with E-state index in [1.54, 1.807) is 18.2 Å². The van der Waals surface area contributed by atoms with Gasteiger partial charge in [-0.2, -0.15) is 0 Å². The van der Waals surface area contributed by atoms with Gasteiger partial charge in [-0.15, -0.1) is 0 Å². The number of hydrogen-bond donors (Lipinski definition) is 1. The van der Waals surface area contributed by atoms with Gasteiger partial charge in [0.1, 0.15) is 5.75 Å². The molecule has 1 aromatic carbocycles. The summed E-state index contributed by atoms with van der Waals surface area (Å²) in [6.07, 6.45) is 7.79. The lowest BCUT2D eigenvalue weighted by Crippen LogP contribution is -2.32. The molecule has 1 aliphatic carbocycles. The third kappa shape index (κ3) is 5.60. The lowest BCUT2D eigenvalue weighted by Gasteiger charge is -2.22. The first-order chi connectivity index (χ1) is 9.24. The Morgan fingerprint density at radius 2 is 1.74 bits per heavy atom. The maximum absolute atomic E-state index is 5.91. The molecule has 0 heterocycles. The molecule has 0 atom stereocenters. The first-order valence-corrected chi connectivity index (χ1v) is 7.82. The molecule has 0 unspecified atom stereocenters. The summed E-state index contributed by atoms with van der Waals surface area (Å²) in [4.78, 5) is 0. The van der Waals surface area contributed by atoms with E-state index in [1.807, 2.05) is 0 Å². The molecule has 1 saturated carbocycles. The predicted molar refractivity (Wildman–Crippen MR) is 81.4 cm³/mol. The first kappa shape index (κ1) is 15.0. The van der Waals surface area contributed by atoms with Crippen molar-refractivity contribution >= 4 is 23.2 Å². The van der Waals surface area contributed by atoms with Gasteiger partial charge in [0.15, 0.2) is 0 Å². The minimum atomic E-state index is 0.614. The van der Waals surface area contributed by atoms with Gasteiger partial charge in [0, 0.05) is 16.1 Å². The van der Waals surface area contributed by atoms with Crippen LogP contribution >= 0.6 is 23.2 Å². The lowest BCUT2D eigenvalue weighted by atomic mass is 9.95. The lowest BCUT2D eigenvalue weighted by molar-refractivity contribution is 0.297. The fraction of sp³-hybridized carbons (Fsp3) is 0.600. The average molecular weight is 302 g/mol. The molecule has 0 aliphatic heterocycles. The van der Waals surface area contributed by atoms with E-state index >= 15 is 0 Å². The van der Waals surface area contributed by atoms with Crippen molar-refractivity contribution in [3.05, 3.63) is 28.2 Å². The molecule has 2 nitrogen and oxygen atoms in total.